The molecule has 3 rings (SSSR count). The molecule has 0 bridgehead atoms. The van der Waals surface area contributed by atoms with Crippen LogP contribution in [-0.2, 0) is 7.05 Å². The second-order valence-corrected chi connectivity index (χ2v) is 6.69. The fourth-order valence-electron chi connectivity index (χ4n) is 3.30. The van der Waals surface area contributed by atoms with Gasteiger partial charge < -0.3 is 10.4 Å². The number of carbonyl (C=O) groups is 1. The number of aliphatic hydroxyl groups excluding tert-OH is 1. The molecule has 6 heteroatoms. The number of halogens is 1. The van der Waals surface area contributed by atoms with Crippen LogP contribution in [0, 0.1) is 18.2 Å². The maximum Gasteiger partial charge on any atom is 0.251 e. The van der Waals surface area contributed by atoms with Crippen LogP contribution in [0.4, 0.5) is 4.39 Å². The van der Waals surface area contributed by atoms with Crippen molar-refractivity contribution in [1.29, 1.82) is 0 Å². The number of rotatable bonds is 5. The number of nitrogens with one attached hydrogen (secondary N) is 1. The lowest BCUT2D eigenvalue weighted by atomic mass is 9.63. The normalized spacial score (nSPS) is 17.2. The Morgan fingerprint density at radius 3 is 2.75 bits per heavy atom. The van der Waals surface area contributed by atoms with Gasteiger partial charge in [0.05, 0.1) is 18.8 Å². The number of aryl methyl sites for hydroxylation is 2. The highest BCUT2D eigenvalue weighted by Crippen LogP contribution is 2.49. The smallest absolute Gasteiger partial charge is 0.251 e. The Hall–Kier alpha value is -2.21. The molecule has 1 aromatic heterocycles. The number of carbonyl (C=O) groups excluding carboxylic acids is 1. The molecule has 2 aromatic rings. The minimum absolute atomic E-state index is 0.00486. The number of aliphatic hydroxyl groups is 1. The number of aromatic nitrogens is 2. The lowest BCUT2D eigenvalue weighted by Gasteiger charge is -2.46. The first-order chi connectivity index (χ1) is 11.4. The highest BCUT2D eigenvalue weighted by Gasteiger charge is 2.45. The van der Waals surface area contributed by atoms with Gasteiger partial charge in [-0.05, 0) is 37.5 Å². The maximum atomic E-state index is 13.7. The predicted octanol–water partition coefficient (Wildman–Crippen LogP) is 2.50. The quantitative estimate of drug-likeness (QED) is 0.884. The average Bonchev–Trinajstić information content (AvgIpc) is 2.94. The molecule has 24 heavy (non-hydrogen) atoms. The molecule has 1 aliphatic rings. The van der Waals surface area contributed by atoms with Crippen molar-refractivity contribution in [3.63, 3.8) is 0 Å². The minimum atomic E-state index is -0.402. The zero-order valence-electron chi connectivity index (χ0n) is 13.9. The first kappa shape index (κ1) is 16.6. The van der Waals surface area contributed by atoms with Gasteiger partial charge in [0.2, 0.25) is 0 Å². The van der Waals surface area contributed by atoms with Crippen LogP contribution in [0.2, 0.25) is 0 Å². The summed E-state index contributed by atoms with van der Waals surface area (Å²) >= 11 is 0. The van der Waals surface area contributed by atoms with Crippen LogP contribution >= 0.6 is 0 Å². The standard InChI is InChI=1S/C18H22FN3O2/c1-12-4-5-13(8-15(12)19)17(24)21-16(14-9-20-22(2)10-14)18(11-23)6-3-7-18/h4-5,8-10,16,23H,3,6-7,11H2,1-2H3,(H,21,24)/t16-/m1/s1. The summed E-state index contributed by atoms with van der Waals surface area (Å²) in [6.45, 7) is 1.65. The van der Waals surface area contributed by atoms with Crippen LogP contribution in [0.1, 0.15) is 46.8 Å². The van der Waals surface area contributed by atoms with Crippen molar-refractivity contribution in [2.45, 2.75) is 32.2 Å². The molecule has 5 nitrogen and oxygen atoms in total. The number of hydrogen-bond acceptors (Lipinski definition) is 3. The summed E-state index contributed by atoms with van der Waals surface area (Å²) in [6, 6.07) is 4.11. The molecule has 0 unspecified atom stereocenters. The monoisotopic (exact) mass is 331 g/mol. The molecule has 0 aliphatic heterocycles. The van der Waals surface area contributed by atoms with Gasteiger partial charge in [-0.2, -0.15) is 5.10 Å². The third-order valence-corrected chi connectivity index (χ3v) is 5.04. The summed E-state index contributed by atoms with van der Waals surface area (Å²) in [4.78, 5) is 12.6. The first-order valence-corrected chi connectivity index (χ1v) is 8.12. The van der Waals surface area contributed by atoms with Crippen LogP contribution in [0.3, 0.4) is 0 Å². The highest BCUT2D eigenvalue weighted by atomic mass is 19.1. The van der Waals surface area contributed by atoms with E-state index in [0.717, 1.165) is 24.8 Å². The molecule has 0 spiro atoms. The van der Waals surface area contributed by atoms with Crippen LogP contribution in [0.15, 0.2) is 30.6 Å². The Morgan fingerprint density at radius 1 is 1.50 bits per heavy atom. The van der Waals surface area contributed by atoms with Crippen LogP contribution < -0.4 is 5.32 Å². The summed E-state index contributed by atoms with van der Waals surface area (Å²) in [5.41, 5.74) is 1.26. The van der Waals surface area contributed by atoms with E-state index in [2.05, 4.69) is 10.4 Å². The van der Waals surface area contributed by atoms with Crippen molar-refractivity contribution in [3.8, 4) is 0 Å². The first-order valence-electron chi connectivity index (χ1n) is 8.12. The summed E-state index contributed by atoms with van der Waals surface area (Å²) in [7, 11) is 1.81. The van der Waals surface area contributed by atoms with Crippen molar-refractivity contribution in [1.82, 2.24) is 15.1 Å². The van der Waals surface area contributed by atoms with E-state index in [1.54, 1.807) is 29.9 Å². The highest BCUT2D eigenvalue weighted by molar-refractivity contribution is 5.94. The summed E-state index contributed by atoms with van der Waals surface area (Å²) < 4.78 is 15.4. The van der Waals surface area contributed by atoms with Gasteiger partial charge >= 0.3 is 0 Å². The molecule has 1 fully saturated rings. The molecule has 1 saturated carbocycles. The molecule has 0 radical (unpaired) electrons. The molecule has 2 N–H and O–H groups in total. The average molecular weight is 331 g/mol. The molecule has 128 valence electrons. The van der Waals surface area contributed by atoms with E-state index < -0.39 is 5.82 Å². The molecule has 1 amide bonds. The molecule has 1 aromatic carbocycles. The topological polar surface area (TPSA) is 67.2 Å². The van der Waals surface area contributed by atoms with Gasteiger partial charge in [-0.25, -0.2) is 4.39 Å². The van der Waals surface area contributed by atoms with Crippen molar-refractivity contribution < 1.29 is 14.3 Å². The molecule has 1 aliphatic carbocycles. The Bertz CT molecular complexity index is 747. The zero-order valence-corrected chi connectivity index (χ0v) is 13.9. The van der Waals surface area contributed by atoms with E-state index in [1.165, 1.54) is 6.07 Å². The van der Waals surface area contributed by atoms with Crippen LogP contribution in [0.5, 0.6) is 0 Å². The number of hydrogen-bond donors (Lipinski definition) is 2. The Kier molecular flexibility index (Phi) is 4.41. The molecular weight excluding hydrogens is 309 g/mol. The Balaban J connectivity index is 1.89. The fourth-order valence-corrected chi connectivity index (χ4v) is 3.30. The van der Waals surface area contributed by atoms with Crippen LogP contribution in [-0.4, -0.2) is 27.4 Å². The summed E-state index contributed by atoms with van der Waals surface area (Å²) in [5, 5.41) is 17.1. The Labute approximate surface area is 140 Å². The second kappa shape index (κ2) is 6.36. The van der Waals surface area contributed by atoms with E-state index in [4.69, 9.17) is 0 Å². The molecular formula is C18H22FN3O2. The van der Waals surface area contributed by atoms with E-state index in [-0.39, 0.29) is 29.5 Å². The van der Waals surface area contributed by atoms with Gasteiger partial charge in [-0.1, -0.05) is 12.5 Å². The van der Waals surface area contributed by atoms with E-state index in [0.29, 0.717) is 5.56 Å². The van der Waals surface area contributed by atoms with E-state index >= 15 is 0 Å². The number of benzene rings is 1. The fraction of sp³-hybridized carbons (Fsp3) is 0.444. The largest absolute Gasteiger partial charge is 0.396 e. The molecule has 1 atom stereocenters. The maximum absolute atomic E-state index is 13.7. The second-order valence-electron chi connectivity index (χ2n) is 6.69. The van der Waals surface area contributed by atoms with Gasteiger partial charge in [0.15, 0.2) is 0 Å². The summed E-state index contributed by atoms with van der Waals surface area (Å²) in [6.07, 6.45) is 6.25. The minimum Gasteiger partial charge on any atom is -0.396 e. The van der Waals surface area contributed by atoms with Gasteiger partial charge in [-0.3, -0.25) is 9.48 Å². The van der Waals surface area contributed by atoms with E-state index in [9.17, 15) is 14.3 Å². The Morgan fingerprint density at radius 2 is 2.25 bits per heavy atom. The lowest BCUT2D eigenvalue weighted by Crippen LogP contribution is -2.47. The van der Waals surface area contributed by atoms with Crippen molar-refractivity contribution in [2.24, 2.45) is 12.5 Å². The zero-order chi connectivity index (χ0) is 17.3. The third kappa shape index (κ3) is 2.94. The number of nitrogens with zero attached hydrogens (tertiary/aromatic N) is 2. The van der Waals surface area contributed by atoms with Gasteiger partial charge in [0.25, 0.3) is 5.91 Å². The predicted molar refractivity (Wildman–Crippen MR) is 87.9 cm³/mol. The van der Waals surface area contributed by atoms with Crippen molar-refractivity contribution in [2.75, 3.05) is 6.61 Å². The van der Waals surface area contributed by atoms with Gasteiger partial charge in [0.1, 0.15) is 5.82 Å². The molecule has 1 heterocycles. The SMILES string of the molecule is Cc1ccc(C(=O)N[C@H](c2cnn(C)c2)C2(CO)CCC2)cc1F. The van der Waals surface area contributed by atoms with Gasteiger partial charge in [-0.15, -0.1) is 0 Å². The lowest BCUT2D eigenvalue weighted by molar-refractivity contribution is 0.00598. The van der Waals surface area contributed by atoms with Gasteiger partial charge in [0, 0.05) is 29.8 Å². The van der Waals surface area contributed by atoms with Crippen molar-refractivity contribution >= 4 is 5.91 Å². The van der Waals surface area contributed by atoms with Crippen LogP contribution in [0.25, 0.3) is 0 Å². The number of amides is 1. The van der Waals surface area contributed by atoms with E-state index in [1.807, 2.05) is 13.2 Å². The summed E-state index contributed by atoms with van der Waals surface area (Å²) in [5.74, 6) is -0.747. The van der Waals surface area contributed by atoms with Crippen molar-refractivity contribution in [3.05, 3.63) is 53.1 Å². The third-order valence-electron chi connectivity index (χ3n) is 5.04. The molecule has 0 saturated heterocycles.